The fraction of sp³-hybridized carbons (Fsp3) is 0.250. The van der Waals surface area contributed by atoms with Gasteiger partial charge in [-0.05, 0) is 24.3 Å². The standard InChI is InChI=1S/C16H14F3N5O4/c1-22-8-20-13-12(22)14(26)24(15(27)23(13)2)7-11(25)21-9-3-5-10(6-4-9)28-16(17,18)19/h3-6,8H,7H2,1-2H3,(H,21,25). The van der Waals surface area contributed by atoms with Crippen LogP contribution in [0.5, 0.6) is 5.75 Å². The van der Waals surface area contributed by atoms with Crippen molar-refractivity contribution in [1.82, 2.24) is 18.7 Å². The highest BCUT2D eigenvalue weighted by atomic mass is 19.4. The van der Waals surface area contributed by atoms with E-state index >= 15 is 0 Å². The number of amides is 1. The van der Waals surface area contributed by atoms with Crippen LogP contribution in [0.25, 0.3) is 11.2 Å². The predicted octanol–water partition coefficient (Wildman–Crippen LogP) is 0.971. The number of hydrogen-bond acceptors (Lipinski definition) is 5. The smallest absolute Gasteiger partial charge is 0.406 e. The summed E-state index contributed by atoms with van der Waals surface area (Å²) >= 11 is 0. The zero-order valence-electron chi connectivity index (χ0n) is 14.6. The SMILES string of the molecule is Cn1cnc2c1c(=O)n(CC(=O)Nc1ccc(OC(F)(F)F)cc1)c(=O)n2C. The van der Waals surface area contributed by atoms with Crippen LogP contribution in [0.15, 0.2) is 40.2 Å². The van der Waals surface area contributed by atoms with Crippen LogP contribution in [0.1, 0.15) is 0 Å². The highest BCUT2D eigenvalue weighted by molar-refractivity contribution is 5.90. The zero-order valence-corrected chi connectivity index (χ0v) is 14.6. The van der Waals surface area contributed by atoms with Crippen molar-refractivity contribution in [3.05, 3.63) is 51.4 Å². The molecule has 0 aliphatic carbocycles. The summed E-state index contributed by atoms with van der Waals surface area (Å²) in [7, 11) is 3.00. The number of aryl methyl sites for hydroxylation is 2. The van der Waals surface area contributed by atoms with Crippen molar-refractivity contribution in [3.63, 3.8) is 0 Å². The lowest BCUT2D eigenvalue weighted by atomic mass is 10.3. The summed E-state index contributed by atoms with van der Waals surface area (Å²) in [4.78, 5) is 41.1. The van der Waals surface area contributed by atoms with Crippen molar-refractivity contribution in [2.24, 2.45) is 14.1 Å². The van der Waals surface area contributed by atoms with E-state index in [2.05, 4.69) is 15.0 Å². The number of alkyl halides is 3. The van der Waals surface area contributed by atoms with Crippen molar-refractivity contribution >= 4 is 22.8 Å². The molecule has 12 heteroatoms. The lowest BCUT2D eigenvalue weighted by Gasteiger charge is -2.11. The Kier molecular flexibility index (Phi) is 4.71. The largest absolute Gasteiger partial charge is 0.573 e. The molecule has 1 aromatic carbocycles. The first-order chi connectivity index (χ1) is 13.1. The third-order valence-corrected chi connectivity index (χ3v) is 3.87. The first kappa shape index (κ1) is 19.2. The Bertz CT molecular complexity index is 1160. The van der Waals surface area contributed by atoms with Gasteiger partial charge in [0.1, 0.15) is 12.3 Å². The van der Waals surface area contributed by atoms with Crippen molar-refractivity contribution < 1.29 is 22.7 Å². The molecule has 28 heavy (non-hydrogen) atoms. The van der Waals surface area contributed by atoms with Crippen LogP contribution < -0.4 is 21.3 Å². The molecule has 0 radical (unpaired) electrons. The molecule has 1 amide bonds. The van der Waals surface area contributed by atoms with Crippen molar-refractivity contribution in [3.8, 4) is 5.75 Å². The van der Waals surface area contributed by atoms with E-state index in [1.165, 1.54) is 30.1 Å². The lowest BCUT2D eigenvalue weighted by molar-refractivity contribution is -0.274. The second kappa shape index (κ2) is 6.87. The van der Waals surface area contributed by atoms with Crippen LogP contribution in [-0.4, -0.2) is 31.0 Å². The van der Waals surface area contributed by atoms with E-state index in [1.807, 2.05) is 0 Å². The Hall–Kier alpha value is -3.57. The quantitative estimate of drug-likeness (QED) is 0.707. The second-order valence-electron chi connectivity index (χ2n) is 5.88. The van der Waals surface area contributed by atoms with Crippen LogP contribution in [0, 0.1) is 0 Å². The number of nitrogens with one attached hydrogen (secondary N) is 1. The molecule has 0 bridgehead atoms. The number of ether oxygens (including phenoxy) is 1. The molecule has 9 nitrogen and oxygen atoms in total. The van der Waals surface area contributed by atoms with Gasteiger partial charge < -0.3 is 14.6 Å². The Morgan fingerprint density at radius 2 is 1.82 bits per heavy atom. The topological polar surface area (TPSA) is 100 Å². The molecule has 0 spiro atoms. The molecule has 0 saturated carbocycles. The number of carbonyl (C=O) groups is 1. The number of benzene rings is 1. The fourth-order valence-electron chi connectivity index (χ4n) is 2.62. The van der Waals surface area contributed by atoms with Gasteiger partial charge in [0, 0.05) is 19.8 Å². The van der Waals surface area contributed by atoms with Gasteiger partial charge in [0.2, 0.25) is 5.91 Å². The summed E-state index contributed by atoms with van der Waals surface area (Å²) in [5.41, 5.74) is -0.883. The molecular weight excluding hydrogens is 383 g/mol. The van der Waals surface area contributed by atoms with Gasteiger partial charge in [0.15, 0.2) is 11.2 Å². The molecular formula is C16H14F3N5O4. The normalized spacial score (nSPS) is 11.6. The van der Waals surface area contributed by atoms with E-state index in [0.29, 0.717) is 0 Å². The van der Waals surface area contributed by atoms with Gasteiger partial charge in [0.05, 0.1) is 6.33 Å². The van der Waals surface area contributed by atoms with Gasteiger partial charge >= 0.3 is 12.1 Å². The summed E-state index contributed by atoms with van der Waals surface area (Å²) in [6.07, 6.45) is -3.45. The zero-order chi connectivity index (χ0) is 20.6. The summed E-state index contributed by atoms with van der Waals surface area (Å²) in [6.45, 7) is -0.576. The average molecular weight is 397 g/mol. The highest BCUT2D eigenvalue weighted by Gasteiger charge is 2.31. The number of anilines is 1. The van der Waals surface area contributed by atoms with Crippen molar-refractivity contribution in [1.29, 1.82) is 0 Å². The van der Waals surface area contributed by atoms with E-state index < -0.39 is 35.8 Å². The fourth-order valence-corrected chi connectivity index (χ4v) is 2.62. The van der Waals surface area contributed by atoms with Gasteiger partial charge in [0.25, 0.3) is 5.56 Å². The molecule has 0 unspecified atom stereocenters. The molecule has 3 rings (SSSR count). The summed E-state index contributed by atoms with van der Waals surface area (Å²) < 4.78 is 43.5. The Morgan fingerprint density at radius 3 is 2.43 bits per heavy atom. The van der Waals surface area contributed by atoms with Crippen LogP contribution >= 0.6 is 0 Å². The first-order valence-electron chi connectivity index (χ1n) is 7.83. The molecule has 0 atom stereocenters. The number of fused-ring (bicyclic) bond motifs is 1. The van der Waals surface area contributed by atoms with Crippen LogP contribution in [0.3, 0.4) is 0 Å². The number of nitrogens with zero attached hydrogens (tertiary/aromatic N) is 4. The molecule has 0 aliphatic heterocycles. The maximum atomic E-state index is 12.5. The average Bonchev–Trinajstić information content (AvgIpc) is 2.99. The van der Waals surface area contributed by atoms with Gasteiger partial charge in [-0.1, -0.05) is 0 Å². The number of rotatable bonds is 4. The Morgan fingerprint density at radius 1 is 1.18 bits per heavy atom. The van der Waals surface area contributed by atoms with E-state index in [0.717, 1.165) is 21.3 Å². The summed E-state index contributed by atoms with van der Waals surface area (Å²) in [5, 5.41) is 2.40. The summed E-state index contributed by atoms with van der Waals surface area (Å²) in [5.74, 6) is -1.15. The maximum absolute atomic E-state index is 12.5. The Balaban J connectivity index is 1.81. The summed E-state index contributed by atoms with van der Waals surface area (Å²) in [6, 6.07) is 4.44. The number of carbonyl (C=O) groups excluding carboxylic acids is 1. The second-order valence-corrected chi connectivity index (χ2v) is 5.88. The molecule has 0 saturated heterocycles. The molecule has 0 aliphatic rings. The van der Waals surface area contributed by atoms with Crippen molar-refractivity contribution in [2.45, 2.75) is 12.9 Å². The first-order valence-corrected chi connectivity index (χ1v) is 7.83. The minimum Gasteiger partial charge on any atom is -0.406 e. The minimum atomic E-state index is -4.82. The molecule has 2 heterocycles. The van der Waals surface area contributed by atoms with E-state index in [-0.39, 0.29) is 16.9 Å². The third-order valence-electron chi connectivity index (χ3n) is 3.87. The highest BCUT2D eigenvalue weighted by Crippen LogP contribution is 2.23. The van der Waals surface area contributed by atoms with Gasteiger partial charge in [-0.15, -0.1) is 13.2 Å². The van der Waals surface area contributed by atoms with Crippen LogP contribution in [-0.2, 0) is 25.4 Å². The molecule has 1 N–H and O–H groups in total. The van der Waals surface area contributed by atoms with E-state index in [1.54, 1.807) is 7.05 Å². The molecule has 148 valence electrons. The van der Waals surface area contributed by atoms with Gasteiger partial charge in [-0.25, -0.2) is 14.3 Å². The van der Waals surface area contributed by atoms with Crippen LogP contribution in [0.4, 0.5) is 18.9 Å². The minimum absolute atomic E-state index is 0.156. The van der Waals surface area contributed by atoms with Crippen molar-refractivity contribution in [2.75, 3.05) is 5.32 Å². The molecule has 0 fully saturated rings. The maximum Gasteiger partial charge on any atom is 0.573 e. The third kappa shape index (κ3) is 3.75. The lowest BCUT2D eigenvalue weighted by Crippen LogP contribution is -2.42. The number of imidazole rings is 1. The number of hydrogen-bond donors (Lipinski definition) is 1. The van der Waals surface area contributed by atoms with Crippen LogP contribution in [0.2, 0.25) is 0 Å². The van der Waals surface area contributed by atoms with Gasteiger partial charge in [-0.3, -0.25) is 14.2 Å². The molecule has 3 aromatic rings. The van der Waals surface area contributed by atoms with Gasteiger partial charge in [-0.2, -0.15) is 0 Å². The number of halogens is 3. The Labute approximate surface area is 154 Å². The van der Waals surface area contributed by atoms with E-state index in [4.69, 9.17) is 0 Å². The monoisotopic (exact) mass is 397 g/mol. The number of aromatic nitrogens is 4. The van der Waals surface area contributed by atoms with E-state index in [9.17, 15) is 27.6 Å². The predicted molar refractivity (Wildman–Crippen MR) is 92.0 cm³/mol. The molecule has 2 aromatic heterocycles.